The molecular formula is C13H24N2O3. The molecule has 0 spiro atoms. The molecule has 2 N–H and O–H groups in total. The standard InChI is InChI=1S/C13H24N2O3/c1-17-6-5-12(14)13(16)15(11-2-3-11)8-10-4-7-18-9-10/h10-12H,2-9,14H2,1H3. The van der Waals surface area contributed by atoms with Gasteiger partial charge < -0.3 is 20.1 Å². The molecule has 1 aliphatic heterocycles. The zero-order valence-electron chi connectivity index (χ0n) is 11.1. The van der Waals surface area contributed by atoms with Gasteiger partial charge in [0.25, 0.3) is 0 Å². The van der Waals surface area contributed by atoms with E-state index in [9.17, 15) is 4.79 Å². The SMILES string of the molecule is COCCC(N)C(=O)N(CC1CCOC1)C1CC1. The third-order valence-corrected chi connectivity index (χ3v) is 3.70. The molecule has 1 aliphatic carbocycles. The van der Waals surface area contributed by atoms with Crippen molar-refractivity contribution in [2.45, 2.75) is 37.8 Å². The Bertz CT molecular complexity index is 275. The summed E-state index contributed by atoms with van der Waals surface area (Å²) in [5.74, 6) is 0.575. The lowest BCUT2D eigenvalue weighted by atomic mass is 10.1. The van der Waals surface area contributed by atoms with Crippen molar-refractivity contribution < 1.29 is 14.3 Å². The molecule has 2 atom stereocenters. The molecule has 2 fully saturated rings. The highest BCUT2D eigenvalue weighted by molar-refractivity contribution is 5.82. The molecule has 0 bridgehead atoms. The van der Waals surface area contributed by atoms with Crippen LogP contribution in [0.2, 0.25) is 0 Å². The molecule has 1 amide bonds. The van der Waals surface area contributed by atoms with Crippen molar-refractivity contribution in [2.75, 3.05) is 33.5 Å². The van der Waals surface area contributed by atoms with Crippen molar-refractivity contribution >= 4 is 5.91 Å². The van der Waals surface area contributed by atoms with Gasteiger partial charge in [0.1, 0.15) is 0 Å². The molecular weight excluding hydrogens is 232 g/mol. The van der Waals surface area contributed by atoms with E-state index in [1.54, 1.807) is 7.11 Å². The van der Waals surface area contributed by atoms with Crippen LogP contribution in [0.1, 0.15) is 25.7 Å². The van der Waals surface area contributed by atoms with Gasteiger partial charge in [-0.3, -0.25) is 4.79 Å². The zero-order chi connectivity index (χ0) is 13.0. The van der Waals surface area contributed by atoms with Crippen molar-refractivity contribution in [3.8, 4) is 0 Å². The molecule has 1 saturated heterocycles. The highest BCUT2D eigenvalue weighted by Crippen LogP contribution is 2.29. The lowest BCUT2D eigenvalue weighted by molar-refractivity contribution is -0.134. The van der Waals surface area contributed by atoms with Crippen molar-refractivity contribution in [1.82, 2.24) is 4.90 Å². The molecule has 18 heavy (non-hydrogen) atoms. The number of amides is 1. The topological polar surface area (TPSA) is 64.8 Å². The number of ether oxygens (including phenoxy) is 2. The number of hydrogen-bond acceptors (Lipinski definition) is 4. The summed E-state index contributed by atoms with van der Waals surface area (Å²) in [6, 6.07) is -0.000402. The summed E-state index contributed by atoms with van der Waals surface area (Å²) in [4.78, 5) is 14.3. The predicted molar refractivity (Wildman–Crippen MR) is 68.1 cm³/mol. The van der Waals surface area contributed by atoms with Crippen molar-refractivity contribution in [3.05, 3.63) is 0 Å². The van der Waals surface area contributed by atoms with Crippen LogP contribution in [0, 0.1) is 5.92 Å². The van der Waals surface area contributed by atoms with E-state index in [4.69, 9.17) is 15.2 Å². The van der Waals surface area contributed by atoms with Crippen LogP contribution in [-0.4, -0.2) is 56.4 Å². The van der Waals surface area contributed by atoms with Gasteiger partial charge in [0.05, 0.1) is 12.6 Å². The second-order valence-electron chi connectivity index (χ2n) is 5.34. The minimum atomic E-state index is -0.423. The Labute approximate surface area is 109 Å². The first-order valence-corrected chi connectivity index (χ1v) is 6.85. The van der Waals surface area contributed by atoms with E-state index in [1.165, 1.54) is 0 Å². The number of carbonyl (C=O) groups excluding carboxylic acids is 1. The van der Waals surface area contributed by atoms with Crippen LogP contribution in [-0.2, 0) is 14.3 Å². The summed E-state index contributed by atoms with van der Waals surface area (Å²) in [6.45, 7) is 2.96. The van der Waals surface area contributed by atoms with E-state index in [2.05, 4.69) is 0 Å². The summed E-state index contributed by atoms with van der Waals surface area (Å²) >= 11 is 0. The monoisotopic (exact) mass is 256 g/mol. The molecule has 2 aliphatic rings. The van der Waals surface area contributed by atoms with Gasteiger partial charge in [-0.25, -0.2) is 0 Å². The van der Waals surface area contributed by atoms with Gasteiger partial charge in [-0.15, -0.1) is 0 Å². The summed E-state index contributed by atoms with van der Waals surface area (Å²) in [5, 5.41) is 0. The van der Waals surface area contributed by atoms with E-state index < -0.39 is 6.04 Å². The molecule has 2 rings (SSSR count). The van der Waals surface area contributed by atoms with Crippen LogP contribution < -0.4 is 5.73 Å². The number of hydrogen-bond donors (Lipinski definition) is 1. The quantitative estimate of drug-likeness (QED) is 0.715. The molecule has 5 heteroatoms. The molecule has 0 aromatic rings. The van der Waals surface area contributed by atoms with Crippen LogP contribution in [0.25, 0.3) is 0 Å². The predicted octanol–water partition coefficient (Wildman–Crippen LogP) is 0.378. The fourth-order valence-corrected chi connectivity index (χ4v) is 2.39. The van der Waals surface area contributed by atoms with Gasteiger partial charge in [-0.1, -0.05) is 0 Å². The molecule has 0 aromatic heterocycles. The molecule has 2 unspecified atom stereocenters. The molecule has 104 valence electrons. The summed E-state index contributed by atoms with van der Waals surface area (Å²) < 4.78 is 10.4. The first-order valence-electron chi connectivity index (χ1n) is 6.85. The van der Waals surface area contributed by atoms with E-state index in [0.717, 1.165) is 39.0 Å². The van der Waals surface area contributed by atoms with Crippen LogP contribution >= 0.6 is 0 Å². The van der Waals surface area contributed by atoms with Crippen LogP contribution in [0.4, 0.5) is 0 Å². The van der Waals surface area contributed by atoms with E-state index in [0.29, 0.717) is 25.0 Å². The maximum atomic E-state index is 12.3. The maximum absolute atomic E-state index is 12.3. The molecule has 0 radical (unpaired) electrons. The normalized spacial score (nSPS) is 25.1. The summed E-state index contributed by atoms with van der Waals surface area (Å²) in [6.07, 6.45) is 3.90. The van der Waals surface area contributed by atoms with Gasteiger partial charge in [0, 0.05) is 38.8 Å². The second kappa shape index (κ2) is 6.50. The van der Waals surface area contributed by atoms with Crippen molar-refractivity contribution in [3.63, 3.8) is 0 Å². The highest BCUT2D eigenvalue weighted by Gasteiger charge is 2.36. The van der Waals surface area contributed by atoms with E-state index >= 15 is 0 Å². The fourth-order valence-electron chi connectivity index (χ4n) is 2.39. The number of nitrogens with zero attached hydrogens (tertiary/aromatic N) is 1. The third kappa shape index (κ3) is 3.67. The van der Waals surface area contributed by atoms with Crippen LogP contribution in [0.15, 0.2) is 0 Å². The van der Waals surface area contributed by atoms with Crippen LogP contribution in [0.5, 0.6) is 0 Å². The van der Waals surface area contributed by atoms with Gasteiger partial charge >= 0.3 is 0 Å². The Morgan fingerprint density at radius 1 is 1.50 bits per heavy atom. The first kappa shape index (κ1) is 13.8. The largest absolute Gasteiger partial charge is 0.385 e. The number of rotatable bonds is 7. The van der Waals surface area contributed by atoms with E-state index in [1.807, 2.05) is 4.90 Å². The number of methoxy groups -OCH3 is 1. The highest BCUT2D eigenvalue weighted by atomic mass is 16.5. The Morgan fingerprint density at radius 2 is 2.28 bits per heavy atom. The minimum absolute atomic E-state index is 0.0847. The van der Waals surface area contributed by atoms with Gasteiger partial charge in [-0.2, -0.15) is 0 Å². The van der Waals surface area contributed by atoms with E-state index in [-0.39, 0.29) is 5.91 Å². The molecule has 1 saturated carbocycles. The third-order valence-electron chi connectivity index (χ3n) is 3.70. The summed E-state index contributed by atoms with van der Waals surface area (Å²) in [7, 11) is 1.63. The molecule has 0 aromatic carbocycles. The average Bonchev–Trinajstić information content (AvgIpc) is 3.09. The second-order valence-corrected chi connectivity index (χ2v) is 5.34. The molecule has 1 heterocycles. The first-order chi connectivity index (χ1) is 8.72. The van der Waals surface area contributed by atoms with Crippen molar-refractivity contribution in [2.24, 2.45) is 11.7 Å². The van der Waals surface area contributed by atoms with Gasteiger partial charge in [-0.05, 0) is 25.7 Å². The molecule has 5 nitrogen and oxygen atoms in total. The minimum Gasteiger partial charge on any atom is -0.385 e. The van der Waals surface area contributed by atoms with Gasteiger partial charge in [0.15, 0.2) is 0 Å². The lowest BCUT2D eigenvalue weighted by Gasteiger charge is -2.27. The Kier molecular flexibility index (Phi) is 4.97. The lowest BCUT2D eigenvalue weighted by Crippen LogP contribution is -2.47. The average molecular weight is 256 g/mol. The van der Waals surface area contributed by atoms with Crippen molar-refractivity contribution in [1.29, 1.82) is 0 Å². The Morgan fingerprint density at radius 3 is 2.83 bits per heavy atom. The van der Waals surface area contributed by atoms with Crippen LogP contribution in [0.3, 0.4) is 0 Å². The Hall–Kier alpha value is -0.650. The maximum Gasteiger partial charge on any atom is 0.239 e. The zero-order valence-corrected chi connectivity index (χ0v) is 11.1. The number of carbonyl (C=O) groups is 1. The fraction of sp³-hybridized carbons (Fsp3) is 0.923. The Balaban J connectivity index is 1.85. The smallest absolute Gasteiger partial charge is 0.239 e. The summed E-state index contributed by atoms with van der Waals surface area (Å²) in [5.41, 5.74) is 5.94. The van der Waals surface area contributed by atoms with Gasteiger partial charge in [0.2, 0.25) is 5.91 Å². The number of nitrogens with two attached hydrogens (primary N) is 1.